The number of nitro benzene ring substituents is 1. The summed E-state index contributed by atoms with van der Waals surface area (Å²) in [5.41, 5.74) is 0.568. The predicted octanol–water partition coefficient (Wildman–Crippen LogP) is 2.43. The van der Waals surface area contributed by atoms with Gasteiger partial charge >= 0.3 is 5.69 Å². The third kappa shape index (κ3) is 3.14. The molecule has 1 aromatic rings. The van der Waals surface area contributed by atoms with Crippen molar-refractivity contribution in [2.45, 2.75) is 37.8 Å². The highest BCUT2D eigenvalue weighted by Crippen LogP contribution is 2.34. The molecule has 21 heavy (non-hydrogen) atoms. The first-order chi connectivity index (χ1) is 10.1. The van der Waals surface area contributed by atoms with Crippen molar-refractivity contribution in [1.29, 1.82) is 5.26 Å². The fourth-order valence-corrected chi connectivity index (χ4v) is 3.05. The summed E-state index contributed by atoms with van der Waals surface area (Å²) in [5.74, 6) is 0. The second kappa shape index (κ2) is 6.55. The quantitative estimate of drug-likeness (QED) is 0.679. The second-order valence-corrected chi connectivity index (χ2v) is 5.45. The molecule has 1 aromatic carbocycles. The maximum atomic E-state index is 11.3. The Bertz CT molecular complexity index is 559. The molecule has 0 bridgehead atoms. The van der Waals surface area contributed by atoms with Crippen LogP contribution in [0.5, 0.6) is 0 Å². The maximum absolute atomic E-state index is 11.3. The van der Waals surface area contributed by atoms with Crippen molar-refractivity contribution in [3.8, 4) is 6.07 Å². The summed E-state index contributed by atoms with van der Waals surface area (Å²) in [6.45, 7) is 0. The van der Waals surface area contributed by atoms with Crippen LogP contribution in [0.4, 0.5) is 11.4 Å². The van der Waals surface area contributed by atoms with Gasteiger partial charge in [-0.3, -0.25) is 10.1 Å². The molecular weight excluding hydrogens is 268 g/mol. The Kier molecular flexibility index (Phi) is 4.76. The Hall–Kier alpha value is -2.13. The third-order valence-corrected chi connectivity index (χ3v) is 4.35. The molecule has 0 aliphatic heterocycles. The van der Waals surface area contributed by atoms with E-state index < -0.39 is 4.92 Å². The van der Waals surface area contributed by atoms with E-state index >= 15 is 0 Å². The SMILES string of the molecule is CNC1CCC(N(C)c2cccc(C#N)c2[N+](=O)[O-])CC1. The zero-order valence-corrected chi connectivity index (χ0v) is 12.4. The van der Waals surface area contributed by atoms with E-state index in [4.69, 9.17) is 5.26 Å². The molecule has 0 amide bonds. The van der Waals surface area contributed by atoms with Gasteiger partial charge in [-0.2, -0.15) is 5.26 Å². The number of nitrogens with zero attached hydrogens (tertiary/aromatic N) is 3. The first-order valence-electron chi connectivity index (χ1n) is 7.16. The van der Waals surface area contributed by atoms with Crippen molar-refractivity contribution < 1.29 is 4.92 Å². The summed E-state index contributed by atoms with van der Waals surface area (Å²) in [6.07, 6.45) is 4.13. The summed E-state index contributed by atoms with van der Waals surface area (Å²) < 4.78 is 0. The highest BCUT2D eigenvalue weighted by Gasteiger charge is 2.28. The Morgan fingerprint density at radius 3 is 2.57 bits per heavy atom. The minimum absolute atomic E-state index is 0.0850. The van der Waals surface area contributed by atoms with E-state index in [1.807, 2.05) is 25.1 Å². The van der Waals surface area contributed by atoms with Crippen LogP contribution >= 0.6 is 0 Å². The first kappa shape index (κ1) is 15.3. The number of benzene rings is 1. The number of nitrogens with one attached hydrogen (secondary N) is 1. The van der Waals surface area contributed by atoms with E-state index in [1.165, 1.54) is 6.07 Å². The Balaban J connectivity index is 2.26. The maximum Gasteiger partial charge on any atom is 0.310 e. The molecular formula is C15H20N4O2. The van der Waals surface area contributed by atoms with Crippen molar-refractivity contribution in [2.75, 3.05) is 19.0 Å². The van der Waals surface area contributed by atoms with Gasteiger partial charge in [0, 0.05) is 19.1 Å². The molecule has 0 aromatic heterocycles. The summed E-state index contributed by atoms with van der Waals surface area (Å²) in [5, 5.41) is 23.7. The predicted molar refractivity (Wildman–Crippen MR) is 81.3 cm³/mol. The topological polar surface area (TPSA) is 82.2 Å². The Morgan fingerprint density at radius 1 is 1.38 bits per heavy atom. The van der Waals surface area contributed by atoms with Crippen molar-refractivity contribution in [3.05, 3.63) is 33.9 Å². The van der Waals surface area contributed by atoms with E-state index in [9.17, 15) is 10.1 Å². The highest BCUT2D eigenvalue weighted by atomic mass is 16.6. The lowest BCUT2D eigenvalue weighted by Gasteiger charge is -2.35. The largest absolute Gasteiger partial charge is 0.366 e. The van der Waals surface area contributed by atoms with E-state index in [1.54, 1.807) is 12.1 Å². The van der Waals surface area contributed by atoms with Crippen LogP contribution in [-0.2, 0) is 0 Å². The molecule has 1 fully saturated rings. The summed E-state index contributed by atoms with van der Waals surface area (Å²) in [7, 11) is 3.85. The molecule has 2 rings (SSSR count). The molecule has 6 heteroatoms. The molecule has 6 nitrogen and oxygen atoms in total. The fraction of sp³-hybridized carbons (Fsp3) is 0.533. The summed E-state index contributed by atoms with van der Waals surface area (Å²) in [6, 6.07) is 7.65. The zero-order valence-electron chi connectivity index (χ0n) is 12.4. The average molecular weight is 288 g/mol. The lowest BCUT2D eigenvalue weighted by atomic mass is 9.90. The van der Waals surface area contributed by atoms with Gasteiger partial charge in [0.15, 0.2) is 0 Å². The molecule has 0 heterocycles. The van der Waals surface area contributed by atoms with Gasteiger partial charge in [0.1, 0.15) is 17.3 Å². The monoisotopic (exact) mass is 288 g/mol. The molecule has 1 N–H and O–H groups in total. The van der Waals surface area contributed by atoms with E-state index in [-0.39, 0.29) is 17.3 Å². The van der Waals surface area contributed by atoms with E-state index in [2.05, 4.69) is 5.32 Å². The van der Waals surface area contributed by atoms with Gasteiger partial charge in [0.25, 0.3) is 0 Å². The molecule has 0 atom stereocenters. The van der Waals surface area contributed by atoms with E-state index in [0.29, 0.717) is 11.7 Å². The van der Waals surface area contributed by atoms with Gasteiger partial charge in [0.05, 0.1) is 4.92 Å². The van der Waals surface area contributed by atoms with Crippen LogP contribution in [0.25, 0.3) is 0 Å². The minimum Gasteiger partial charge on any atom is -0.366 e. The number of para-hydroxylation sites is 1. The zero-order chi connectivity index (χ0) is 15.4. The van der Waals surface area contributed by atoms with Crippen LogP contribution < -0.4 is 10.2 Å². The lowest BCUT2D eigenvalue weighted by Crippen LogP contribution is -2.40. The van der Waals surface area contributed by atoms with Crippen LogP contribution in [0, 0.1) is 21.4 Å². The normalized spacial score (nSPS) is 21.6. The van der Waals surface area contributed by atoms with Gasteiger partial charge in [-0.25, -0.2) is 0 Å². The summed E-state index contributed by atoms with van der Waals surface area (Å²) >= 11 is 0. The number of anilines is 1. The van der Waals surface area contributed by atoms with Gasteiger partial charge in [-0.05, 0) is 44.9 Å². The van der Waals surface area contributed by atoms with Crippen molar-refractivity contribution in [3.63, 3.8) is 0 Å². The number of nitro groups is 1. The molecule has 112 valence electrons. The van der Waals surface area contributed by atoms with Crippen LogP contribution in [-0.4, -0.2) is 31.1 Å². The standard InChI is InChI=1S/C15H20N4O2/c1-17-12-6-8-13(9-7-12)18(2)14-5-3-4-11(10-16)15(14)19(20)21/h3-5,12-13,17H,6-9H2,1-2H3. The van der Waals surface area contributed by atoms with Gasteiger partial charge in [-0.1, -0.05) is 6.07 Å². The van der Waals surface area contributed by atoms with Crippen LogP contribution in [0.1, 0.15) is 31.2 Å². The molecule has 1 aliphatic carbocycles. The first-order valence-corrected chi connectivity index (χ1v) is 7.16. The van der Waals surface area contributed by atoms with Crippen molar-refractivity contribution in [1.82, 2.24) is 5.32 Å². The third-order valence-electron chi connectivity index (χ3n) is 4.35. The lowest BCUT2D eigenvalue weighted by molar-refractivity contribution is -0.384. The Labute approximate surface area is 124 Å². The van der Waals surface area contributed by atoms with Crippen molar-refractivity contribution in [2.24, 2.45) is 0 Å². The fourth-order valence-electron chi connectivity index (χ4n) is 3.05. The average Bonchev–Trinajstić information content (AvgIpc) is 2.53. The van der Waals surface area contributed by atoms with E-state index in [0.717, 1.165) is 25.7 Å². The molecule has 1 saturated carbocycles. The molecule has 0 unspecified atom stereocenters. The number of hydrogen-bond acceptors (Lipinski definition) is 5. The number of rotatable bonds is 4. The molecule has 0 saturated heterocycles. The molecule has 0 spiro atoms. The number of hydrogen-bond donors (Lipinski definition) is 1. The van der Waals surface area contributed by atoms with Crippen LogP contribution in [0.3, 0.4) is 0 Å². The Morgan fingerprint density at radius 2 is 2.05 bits per heavy atom. The highest BCUT2D eigenvalue weighted by molar-refractivity contribution is 5.69. The van der Waals surface area contributed by atoms with Crippen LogP contribution in [0.2, 0.25) is 0 Å². The van der Waals surface area contributed by atoms with Gasteiger partial charge in [0.2, 0.25) is 0 Å². The summed E-state index contributed by atoms with van der Waals surface area (Å²) in [4.78, 5) is 12.8. The molecule has 1 aliphatic rings. The smallest absolute Gasteiger partial charge is 0.310 e. The minimum atomic E-state index is -0.455. The van der Waals surface area contributed by atoms with Crippen LogP contribution in [0.15, 0.2) is 18.2 Å². The van der Waals surface area contributed by atoms with Crippen molar-refractivity contribution >= 4 is 11.4 Å². The van der Waals surface area contributed by atoms with Gasteiger partial charge < -0.3 is 10.2 Å². The van der Waals surface area contributed by atoms with Gasteiger partial charge in [-0.15, -0.1) is 0 Å². The molecule has 0 radical (unpaired) electrons. The number of nitriles is 1. The second-order valence-electron chi connectivity index (χ2n) is 5.45.